The molecule has 34 heavy (non-hydrogen) atoms. The van der Waals surface area contributed by atoms with Crippen LogP contribution in [0.25, 0.3) is 0 Å². The van der Waals surface area contributed by atoms with E-state index in [0.29, 0.717) is 38.0 Å². The number of aliphatic hydroxyl groups excluding tert-OH is 1. The van der Waals surface area contributed by atoms with Gasteiger partial charge < -0.3 is 19.7 Å². The lowest BCUT2D eigenvalue weighted by Gasteiger charge is -2.72. The van der Waals surface area contributed by atoms with Crippen LogP contribution < -0.4 is 0 Å². The van der Waals surface area contributed by atoms with Crippen molar-refractivity contribution in [2.45, 2.75) is 103 Å². The Balaban J connectivity index is 1.63. The number of carbonyl (C=O) groups is 2. The van der Waals surface area contributed by atoms with Crippen LogP contribution in [0.4, 0.5) is 0 Å². The zero-order valence-corrected chi connectivity index (χ0v) is 20.8. The van der Waals surface area contributed by atoms with Crippen molar-refractivity contribution in [1.82, 2.24) is 0 Å². The summed E-state index contributed by atoms with van der Waals surface area (Å²) < 4.78 is 11.2. The lowest BCUT2D eigenvalue weighted by Crippen LogP contribution is -2.76. The number of ether oxygens (including phenoxy) is 2. The van der Waals surface area contributed by atoms with E-state index in [1.54, 1.807) is 0 Å². The first-order valence-electron chi connectivity index (χ1n) is 13.2. The van der Waals surface area contributed by atoms with Crippen LogP contribution in [0.15, 0.2) is 23.8 Å². The molecule has 0 saturated heterocycles. The zero-order chi connectivity index (χ0) is 24.4. The van der Waals surface area contributed by atoms with E-state index in [1.165, 1.54) is 25.8 Å². The molecule has 6 heteroatoms. The van der Waals surface area contributed by atoms with Gasteiger partial charge in [0.2, 0.25) is 0 Å². The molecular formula is C28H40O6. The molecule has 0 aromatic heterocycles. The summed E-state index contributed by atoms with van der Waals surface area (Å²) in [6, 6.07) is 0. The summed E-state index contributed by atoms with van der Waals surface area (Å²) in [5, 5.41) is 24.6. The molecule has 1 spiro atoms. The molecule has 3 saturated carbocycles. The highest BCUT2D eigenvalue weighted by Gasteiger charge is 2.75. The van der Waals surface area contributed by atoms with Crippen LogP contribution >= 0.6 is 0 Å². The van der Waals surface area contributed by atoms with Gasteiger partial charge in [-0.1, -0.05) is 38.8 Å². The SMILES string of the molecule is CC(=O)OC1CC2(C)C=CCC3(C(O)CCC(C)(C4CCCC4)C13)C2(O)CCC1=CC(=O)OC1. The summed E-state index contributed by atoms with van der Waals surface area (Å²) in [6.07, 6.45) is 13.1. The molecule has 5 rings (SSSR count). The highest BCUT2D eigenvalue weighted by molar-refractivity contribution is 5.85. The molecule has 2 N–H and O–H groups in total. The van der Waals surface area contributed by atoms with E-state index in [-0.39, 0.29) is 36.0 Å². The summed E-state index contributed by atoms with van der Waals surface area (Å²) in [6.45, 7) is 6.13. The topological polar surface area (TPSA) is 93.1 Å². The average Bonchev–Trinajstić information content (AvgIpc) is 3.44. The molecule has 5 aliphatic rings. The molecule has 188 valence electrons. The minimum Gasteiger partial charge on any atom is -0.462 e. The second-order valence-electron chi connectivity index (χ2n) is 12.2. The number of rotatable bonds is 5. The molecule has 3 fully saturated rings. The van der Waals surface area contributed by atoms with Crippen LogP contribution in [0.2, 0.25) is 0 Å². The first kappa shape index (κ1) is 24.1. The molecule has 0 radical (unpaired) electrons. The van der Waals surface area contributed by atoms with Gasteiger partial charge in [0.15, 0.2) is 0 Å². The minimum absolute atomic E-state index is 0.123. The molecule has 0 aromatic carbocycles. The van der Waals surface area contributed by atoms with Gasteiger partial charge in [0.05, 0.1) is 11.7 Å². The van der Waals surface area contributed by atoms with Gasteiger partial charge >= 0.3 is 11.9 Å². The van der Waals surface area contributed by atoms with Crippen LogP contribution in [0, 0.1) is 28.1 Å². The highest BCUT2D eigenvalue weighted by Crippen LogP contribution is 2.73. The molecule has 1 aliphatic heterocycles. The Hall–Kier alpha value is -1.66. The maximum absolute atomic E-state index is 12.8. The molecule has 7 unspecified atom stereocenters. The lowest BCUT2D eigenvalue weighted by atomic mass is 9.35. The highest BCUT2D eigenvalue weighted by atomic mass is 16.5. The van der Waals surface area contributed by atoms with Crippen molar-refractivity contribution in [2.24, 2.45) is 28.1 Å². The molecule has 0 amide bonds. The minimum atomic E-state index is -1.19. The zero-order valence-electron chi connectivity index (χ0n) is 20.8. The largest absolute Gasteiger partial charge is 0.462 e. The van der Waals surface area contributed by atoms with E-state index in [1.807, 2.05) is 0 Å². The number of fused-ring (bicyclic) bond motifs is 1. The number of esters is 2. The first-order valence-corrected chi connectivity index (χ1v) is 13.2. The van der Waals surface area contributed by atoms with Crippen LogP contribution in [0.3, 0.4) is 0 Å². The number of hydrogen-bond acceptors (Lipinski definition) is 6. The van der Waals surface area contributed by atoms with Crippen LogP contribution in [-0.4, -0.2) is 46.6 Å². The number of carbonyl (C=O) groups excluding carboxylic acids is 2. The van der Waals surface area contributed by atoms with Crippen molar-refractivity contribution in [3.05, 3.63) is 23.8 Å². The standard InChI is InChI=1S/C28H40O6/c1-18(29)34-21-16-25(2)11-6-12-27(28(25,32)14-9-19-15-23(31)33-17-19)22(30)10-13-26(3,24(21)27)20-7-4-5-8-20/h6,11,15,20-22,24,30,32H,4-5,7-10,12-14,16-17H2,1-3H3. The van der Waals surface area contributed by atoms with Gasteiger partial charge in [-0.05, 0) is 68.3 Å². The lowest BCUT2D eigenvalue weighted by molar-refractivity contribution is -0.315. The van der Waals surface area contributed by atoms with Gasteiger partial charge in [0.1, 0.15) is 12.7 Å². The smallest absolute Gasteiger partial charge is 0.331 e. The van der Waals surface area contributed by atoms with E-state index in [0.717, 1.165) is 24.8 Å². The monoisotopic (exact) mass is 472 g/mol. The third kappa shape index (κ3) is 3.27. The fourth-order valence-corrected chi connectivity index (χ4v) is 9.12. The van der Waals surface area contributed by atoms with Crippen molar-refractivity contribution < 1.29 is 29.3 Å². The number of cyclic esters (lactones) is 1. The van der Waals surface area contributed by atoms with Crippen molar-refractivity contribution in [1.29, 1.82) is 0 Å². The van der Waals surface area contributed by atoms with Gasteiger partial charge in [0, 0.05) is 29.7 Å². The summed E-state index contributed by atoms with van der Waals surface area (Å²) in [5.74, 6) is -0.247. The van der Waals surface area contributed by atoms with Gasteiger partial charge in [-0.3, -0.25) is 4.79 Å². The third-order valence-corrected chi connectivity index (χ3v) is 10.6. The van der Waals surface area contributed by atoms with Crippen molar-refractivity contribution in [3.63, 3.8) is 0 Å². The van der Waals surface area contributed by atoms with Crippen LogP contribution in [0.5, 0.6) is 0 Å². The van der Waals surface area contributed by atoms with Crippen molar-refractivity contribution >= 4 is 11.9 Å². The summed E-state index contributed by atoms with van der Waals surface area (Å²) >= 11 is 0. The molecule has 7 atom stereocenters. The maximum atomic E-state index is 12.8. The van der Waals surface area contributed by atoms with E-state index < -0.39 is 22.5 Å². The van der Waals surface area contributed by atoms with Gasteiger partial charge in [-0.25, -0.2) is 4.79 Å². The molecule has 2 bridgehead atoms. The summed E-state index contributed by atoms with van der Waals surface area (Å²) in [4.78, 5) is 23.9. The van der Waals surface area contributed by atoms with E-state index >= 15 is 0 Å². The van der Waals surface area contributed by atoms with Crippen molar-refractivity contribution in [3.8, 4) is 0 Å². The van der Waals surface area contributed by atoms with E-state index in [4.69, 9.17) is 9.47 Å². The van der Waals surface area contributed by atoms with Gasteiger partial charge in [0.25, 0.3) is 0 Å². The molecule has 0 aromatic rings. The Bertz CT molecular complexity index is 918. The average molecular weight is 473 g/mol. The summed E-state index contributed by atoms with van der Waals surface area (Å²) in [5.41, 5.74) is -1.89. The molecule has 4 aliphatic carbocycles. The predicted molar refractivity (Wildman–Crippen MR) is 126 cm³/mol. The molecular weight excluding hydrogens is 432 g/mol. The van der Waals surface area contributed by atoms with Gasteiger partial charge in [-0.15, -0.1) is 0 Å². The number of aliphatic hydroxyl groups is 2. The second-order valence-corrected chi connectivity index (χ2v) is 12.2. The Morgan fingerprint density at radius 3 is 2.62 bits per heavy atom. The fourth-order valence-electron chi connectivity index (χ4n) is 9.12. The van der Waals surface area contributed by atoms with Gasteiger partial charge in [-0.2, -0.15) is 0 Å². The van der Waals surface area contributed by atoms with E-state index in [9.17, 15) is 19.8 Å². The maximum Gasteiger partial charge on any atom is 0.331 e. The quantitative estimate of drug-likeness (QED) is 0.459. The third-order valence-electron chi connectivity index (χ3n) is 10.6. The normalized spacial score (nSPS) is 46.1. The Morgan fingerprint density at radius 1 is 1.24 bits per heavy atom. The molecule has 1 heterocycles. The molecule has 6 nitrogen and oxygen atoms in total. The number of allylic oxidation sites excluding steroid dienone is 1. The fraction of sp³-hybridized carbons (Fsp3) is 0.786. The van der Waals surface area contributed by atoms with Crippen molar-refractivity contribution in [2.75, 3.05) is 6.61 Å². The summed E-state index contributed by atoms with van der Waals surface area (Å²) in [7, 11) is 0. The number of hydrogen-bond donors (Lipinski definition) is 2. The Morgan fingerprint density at radius 2 is 1.97 bits per heavy atom. The van der Waals surface area contributed by atoms with E-state index in [2.05, 4.69) is 26.0 Å². The first-order chi connectivity index (χ1) is 16.1. The van der Waals surface area contributed by atoms with Crippen LogP contribution in [-0.2, 0) is 19.1 Å². The predicted octanol–water partition coefficient (Wildman–Crippen LogP) is 4.24. The Labute approximate surface area is 202 Å². The Kier molecular flexibility index (Phi) is 5.80. The second kappa shape index (κ2) is 8.19. The van der Waals surface area contributed by atoms with Crippen LogP contribution in [0.1, 0.15) is 85.0 Å².